The Bertz CT molecular complexity index is 628. The number of rotatable bonds is 5. The number of carbonyl (C=O) groups is 2. The molecular formula is C17H23N3O3. The van der Waals surface area contributed by atoms with Crippen LogP contribution in [-0.4, -0.2) is 31.5 Å². The summed E-state index contributed by atoms with van der Waals surface area (Å²) in [6, 6.07) is 5.69. The molecule has 6 nitrogen and oxygen atoms in total. The molecule has 0 saturated heterocycles. The van der Waals surface area contributed by atoms with Gasteiger partial charge in [0, 0.05) is 13.1 Å². The van der Waals surface area contributed by atoms with E-state index in [4.69, 9.17) is 10.5 Å². The minimum absolute atomic E-state index is 0.00961. The van der Waals surface area contributed by atoms with Gasteiger partial charge < -0.3 is 15.8 Å². The molecule has 0 radical (unpaired) electrons. The van der Waals surface area contributed by atoms with Crippen LogP contribution in [-0.2, 0) is 9.59 Å². The molecule has 1 aromatic rings. The van der Waals surface area contributed by atoms with Gasteiger partial charge >= 0.3 is 0 Å². The molecule has 6 heteroatoms. The van der Waals surface area contributed by atoms with Crippen molar-refractivity contribution in [3.8, 4) is 5.75 Å². The highest BCUT2D eigenvalue weighted by atomic mass is 16.5. The van der Waals surface area contributed by atoms with Crippen LogP contribution in [0.25, 0.3) is 0 Å². The van der Waals surface area contributed by atoms with Gasteiger partial charge in [-0.25, -0.2) is 0 Å². The van der Waals surface area contributed by atoms with E-state index in [-0.39, 0.29) is 24.4 Å². The number of nitrogens with two attached hydrogens (primary N) is 1. The molecule has 1 saturated carbocycles. The number of hydrogen-bond donors (Lipinski definition) is 2. The van der Waals surface area contributed by atoms with Crippen LogP contribution >= 0.6 is 0 Å². The molecule has 3 rings (SSSR count). The summed E-state index contributed by atoms with van der Waals surface area (Å²) in [6.45, 7) is 1.88. The summed E-state index contributed by atoms with van der Waals surface area (Å²) in [7, 11) is 1.56. The van der Waals surface area contributed by atoms with Crippen LogP contribution in [0.15, 0.2) is 18.2 Å². The first-order valence-corrected chi connectivity index (χ1v) is 8.13. The predicted molar refractivity (Wildman–Crippen MR) is 87.2 cm³/mol. The first-order chi connectivity index (χ1) is 11.0. The molecule has 23 heavy (non-hydrogen) atoms. The summed E-state index contributed by atoms with van der Waals surface area (Å²) in [4.78, 5) is 25.9. The van der Waals surface area contributed by atoms with Crippen molar-refractivity contribution < 1.29 is 14.3 Å². The lowest BCUT2D eigenvalue weighted by molar-refractivity contribution is -0.128. The molecule has 2 aliphatic rings. The quantitative estimate of drug-likeness (QED) is 0.858. The first-order valence-electron chi connectivity index (χ1n) is 8.13. The molecule has 2 atom stereocenters. The van der Waals surface area contributed by atoms with Crippen LogP contribution in [0.1, 0.15) is 37.8 Å². The van der Waals surface area contributed by atoms with Crippen molar-refractivity contribution in [3.05, 3.63) is 23.8 Å². The van der Waals surface area contributed by atoms with Crippen LogP contribution in [0, 0.1) is 5.92 Å². The van der Waals surface area contributed by atoms with Crippen LogP contribution in [0.5, 0.6) is 5.75 Å². The largest absolute Gasteiger partial charge is 0.478 e. The molecule has 1 aliphatic carbocycles. The van der Waals surface area contributed by atoms with Gasteiger partial charge in [0.15, 0.2) is 6.10 Å². The molecule has 2 unspecified atom stereocenters. The fourth-order valence-corrected chi connectivity index (χ4v) is 2.92. The number of benzene rings is 1. The lowest BCUT2D eigenvalue weighted by Gasteiger charge is -2.34. The molecule has 1 aliphatic heterocycles. The van der Waals surface area contributed by atoms with E-state index in [0.717, 1.165) is 18.4 Å². The van der Waals surface area contributed by atoms with Crippen molar-refractivity contribution in [3.63, 3.8) is 0 Å². The van der Waals surface area contributed by atoms with Crippen molar-refractivity contribution in [1.82, 2.24) is 5.32 Å². The van der Waals surface area contributed by atoms with Gasteiger partial charge in [-0.15, -0.1) is 0 Å². The van der Waals surface area contributed by atoms with E-state index in [2.05, 4.69) is 5.32 Å². The van der Waals surface area contributed by atoms with Crippen molar-refractivity contribution >= 4 is 17.5 Å². The topological polar surface area (TPSA) is 84.7 Å². The third-order valence-corrected chi connectivity index (χ3v) is 4.55. The minimum atomic E-state index is -0.546. The van der Waals surface area contributed by atoms with E-state index in [0.29, 0.717) is 23.8 Å². The standard InChI is InChI=1S/C17H23N3O3/c1-3-13-17(22)20(9-15(21)19-2)12-8-11(6-7-14(12)23-13)16(18)10-4-5-10/h6-8,10,13,16H,3-5,9,18H2,1-2H3,(H,19,21). The Labute approximate surface area is 136 Å². The first kappa shape index (κ1) is 15.8. The van der Waals surface area contributed by atoms with Gasteiger partial charge in [0.2, 0.25) is 5.91 Å². The van der Waals surface area contributed by atoms with Gasteiger partial charge in [-0.2, -0.15) is 0 Å². The van der Waals surface area contributed by atoms with E-state index >= 15 is 0 Å². The Morgan fingerprint density at radius 2 is 2.22 bits per heavy atom. The monoisotopic (exact) mass is 317 g/mol. The smallest absolute Gasteiger partial charge is 0.268 e. The normalized spacial score (nSPS) is 21.4. The van der Waals surface area contributed by atoms with Gasteiger partial charge in [-0.3, -0.25) is 14.5 Å². The summed E-state index contributed by atoms with van der Waals surface area (Å²) < 4.78 is 5.79. The lowest BCUT2D eigenvalue weighted by atomic mass is 10.0. The number of nitrogens with zero attached hydrogens (tertiary/aromatic N) is 1. The number of ether oxygens (including phenoxy) is 1. The number of fused-ring (bicyclic) bond motifs is 1. The average molecular weight is 317 g/mol. The fourth-order valence-electron chi connectivity index (χ4n) is 2.92. The van der Waals surface area contributed by atoms with Crippen LogP contribution < -0.4 is 20.7 Å². The van der Waals surface area contributed by atoms with Crippen molar-refractivity contribution in [1.29, 1.82) is 0 Å². The Morgan fingerprint density at radius 1 is 1.48 bits per heavy atom. The number of likely N-dealkylation sites (N-methyl/N-ethyl adjacent to an activating group) is 1. The van der Waals surface area contributed by atoms with E-state index in [1.807, 2.05) is 25.1 Å². The summed E-state index contributed by atoms with van der Waals surface area (Å²) in [6.07, 6.45) is 2.31. The Morgan fingerprint density at radius 3 is 2.83 bits per heavy atom. The Kier molecular flexibility index (Phi) is 4.26. The number of carbonyl (C=O) groups excluding carboxylic acids is 2. The second-order valence-corrected chi connectivity index (χ2v) is 6.20. The third kappa shape index (κ3) is 3.03. The van der Waals surface area contributed by atoms with Crippen LogP contribution in [0.2, 0.25) is 0 Å². The fraction of sp³-hybridized carbons (Fsp3) is 0.529. The maximum absolute atomic E-state index is 12.6. The second-order valence-electron chi connectivity index (χ2n) is 6.20. The van der Waals surface area contributed by atoms with Gasteiger partial charge in [0.05, 0.1) is 5.69 Å². The summed E-state index contributed by atoms with van der Waals surface area (Å²) >= 11 is 0. The molecule has 124 valence electrons. The Hall–Kier alpha value is -2.08. The molecule has 0 aromatic heterocycles. The van der Waals surface area contributed by atoms with E-state index < -0.39 is 6.10 Å². The highest BCUT2D eigenvalue weighted by molar-refractivity contribution is 6.03. The van der Waals surface area contributed by atoms with Crippen molar-refractivity contribution in [2.45, 2.75) is 38.3 Å². The van der Waals surface area contributed by atoms with E-state index in [1.54, 1.807) is 7.05 Å². The molecule has 2 amide bonds. The second kappa shape index (κ2) is 6.20. The zero-order valence-corrected chi connectivity index (χ0v) is 13.5. The highest BCUT2D eigenvalue weighted by Gasteiger charge is 2.36. The summed E-state index contributed by atoms with van der Waals surface area (Å²) in [5, 5.41) is 2.56. The maximum atomic E-state index is 12.6. The zero-order chi connectivity index (χ0) is 16.6. The Balaban J connectivity index is 1.96. The molecule has 1 heterocycles. The molecule has 3 N–H and O–H groups in total. The van der Waals surface area contributed by atoms with E-state index in [9.17, 15) is 9.59 Å². The third-order valence-electron chi connectivity index (χ3n) is 4.55. The maximum Gasteiger partial charge on any atom is 0.268 e. The average Bonchev–Trinajstić information content (AvgIpc) is 3.40. The zero-order valence-electron chi connectivity index (χ0n) is 13.5. The molecular weight excluding hydrogens is 294 g/mol. The minimum Gasteiger partial charge on any atom is -0.478 e. The number of hydrogen-bond acceptors (Lipinski definition) is 4. The number of amides is 2. The van der Waals surface area contributed by atoms with Crippen LogP contribution in [0.4, 0.5) is 5.69 Å². The highest BCUT2D eigenvalue weighted by Crippen LogP contribution is 2.42. The summed E-state index contributed by atoms with van der Waals surface area (Å²) in [5.74, 6) is 0.759. The van der Waals surface area contributed by atoms with Gasteiger partial charge in [-0.05, 0) is 42.9 Å². The van der Waals surface area contributed by atoms with E-state index in [1.165, 1.54) is 4.90 Å². The predicted octanol–water partition coefficient (Wildman–Crippen LogP) is 1.35. The van der Waals surface area contributed by atoms with Gasteiger partial charge in [0.1, 0.15) is 12.3 Å². The van der Waals surface area contributed by atoms with Crippen molar-refractivity contribution in [2.75, 3.05) is 18.5 Å². The number of anilines is 1. The van der Waals surface area contributed by atoms with Gasteiger partial charge in [0.25, 0.3) is 5.91 Å². The molecule has 0 spiro atoms. The molecule has 1 fully saturated rings. The summed E-state index contributed by atoms with van der Waals surface area (Å²) in [5.41, 5.74) is 7.89. The van der Waals surface area contributed by atoms with Crippen molar-refractivity contribution in [2.24, 2.45) is 11.7 Å². The lowest BCUT2D eigenvalue weighted by Crippen LogP contribution is -2.49. The molecule has 1 aromatic carbocycles. The van der Waals surface area contributed by atoms with Gasteiger partial charge in [-0.1, -0.05) is 13.0 Å². The SMILES string of the molecule is CCC1Oc2ccc(C(N)C3CC3)cc2N(CC(=O)NC)C1=O. The number of nitrogens with one attached hydrogen (secondary N) is 1. The molecule has 0 bridgehead atoms. The van der Waals surface area contributed by atoms with Crippen LogP contribution in [0.3, 0.4) is 0 Å².